The van der Waals surface area contributed by atoms with Crippen molar-refractivity contribution >= 4 is 11.5 Å². The number of ketones is 1. The first-order valence-electron chi connectivity index (χ1n) is 8.63. The maximum Gasteiger partial charge on any atom is 0.311 e. The predicted octanol–water partition coefficient (Wildman–Crippen LogP) is 5.35. The molecule has 5 nitrogen and oxygen atoms in total. The van der Waals surface area contributed by atoms with Gasteiger partial charge in [-0.15, -0.1) is 0 Å². The summed E-state index contributed by atoms with van der Waals surface area (Å²) in [7, 11) is 0. The number of hydrogen-bond acceptors (Lipinski definition) is 4. The van der Waals surface area contributed by atoms with Crippen LogP contribution in [0.2, 0.25) is 0 Å². The Morgan fingerprint density at radius 1 is 0.964 bits per heavy atom. The van der Waals surface area contributed by atoms with Crippen LogP contribution in [0.3, 0.4) is 0 Å². The van der Waals surface area contributed by atoms with E-state index in [-0.39, 0.29) is 11.5 Å². The van der Waals surface area contributed by atoms with Gasteiger partial charge in [0.1, 0.15) is 5.82 Å². The first kappa shape index (κ1) is 19.2. The Hall–Kier alpha value is -3.54. The highest BCUT2D eigenvalue weighted by Gasteiger charge is 2.27. The molecule has 1 atom stereocenters. The summed E-state index contributed by atoms with van der Waals surface area (Å²) in [4.78, 5) is 23.7. The molecule has 0 aromatic heterocycles. The topological polar surface area (TPSA) is 69.4 Å². The Labute approximate surface area is 161 Å². The van der Waals surface area contributed by atoms with Gasteiger partial charge in [0.15, 0.2) is 6.10 Å². The summed E-state index contributed by atoms with van der Waals surface area (Å²) in [6.07, 6.45) is -1.15. The van der Waals surface area contributed by atoms with Crippen molar-refractivity contribution in [1.82, 2.24) is 0 Å². The minimum atomic E-state index is -1.15. The molecule has 0 fully saturated rings. The molecule has 28 heavy (non-hydrogen) atoms. The number of halogens is 1. The standard InChI is InChI=1S/C22H18FNO4/c1-14-3-7-16(8-4-14)21(25)22(17-9-5-15(2)6-10-17)28-20-13-18(23)11-12-19(20)24(26)27/h3-13,22H,1-2H3. The van der Waals surface area contributed by atoms with Gasteiger partial charge in [-0.25, -0.2) is 4.39 Å². The molecular weight excluding hydrogens is 361 g/mol. The first-order valence-corrected chi connectivity index (χ1v) is 8.63. The van der Waals surface area contributed by atoms with Crippen LogP contribution >= 0.6 is 0 Å². The van der Waals surface area contributed by atoms with Crippen molar-refractivity contribution in [3.63, 3.8) is 0 Å². The number of carbonyl (C=O) groups excluding carboxylic acids is 1. The lowest BCUT2D eigenvalue weighted by Gasteiger charge is -2.19. The minimum absolute atomic E-state index is 0.295. The lowest BCUT2D eigenvalue weighted by Crippen LogP contribution is -2.20. The van der Waals surface area contributed by atoms with Gasteiger partial charge < -0.3 is 4.74 Å². The lowest BCUT2D eigenvalue weighted by molar-refractivity contribution is -0.386. The Morgan fingerprint density at radius 3 is 2.11 bits per heavy atom. The van der Waals surface area contributed by atoms with Gasteiger partial charge in [0.2, 0.25) is 11.5 Å². The molecule has 0 bridgehead atoms. The molecule has 142 valence electrons. The van der Waals surface area contributed by atoms with Crippen LogP contribution in [-0.4, -0.2) is 10.7 Å². The highest BCUT2D eigenvalue weighted by Crippen LogP contribution is 2.33. The van der Waals surface area contributed by atoms with Crippen LogP contribution in [0.1, 0.15) is 33.2 Å². The summed E-state index contributed by atoms with van der Waals surface area (Å²) in [5, 5.41) is 11.3. The molecule has 0 radical (unpaired) electrons. The molecule has 0 aliphatic carbocycles. The molecule has 3 aromatic carbocycles. The summed E-state index contributed by atoms with van der Waals surface area (Å²) >= 11 is 0. The van der Waals surface area contributed by atoms with Gasteiger partial charge in [0.25, 0.3) is 0 Å². The second-order valence-electron chi connectivity index (χ2n) is 6.51. The molecule has 0 saturated heterocycles. The van der Waals surface area contributed by atoms with E-state index in [0.29, 0.717) is 11.1 Å². The number of carbonyl (C=O) groups is 1. The fourth-order valence-electron chi connectivity index (χ4n) is 2.74. The third-order valence-corrected chi connectivity index (χ3v) is 4.32. The van der Waals surface area contributed by atoms with E-state index in [1.807, 2.05) is 26.0 Å². The maximum atomic E-state index is 13.7. The zero-order valence-corrected chi connectivity index (χ0v) is 15.4. The fraction of sp³-hybridized carbons (Fsp3) is 0.136. The van der Waals surface area contributed by atoms with Crippen LogP contribution in [-0.2, 0) is 0 Å². The number of benzene rings is 3. The molecule has 0 spiro atoms. The quantitative estimate of drug-likeness (QED) is 0.329. The van der Waals surface area contributed by atoms with E-state index < -0.39 is 22.5 Å². The molecule has 0 aliphatic rings. The SMILES string of the molecule is Cc1ccc(C(=O)C(Oc2cc(F)ccc2[N+](=O)[O-])c2ccc(C)cc2)cc1. The van der Waals surface area contributed by atoms with Crippen molar-refractivity contribution in [1.29, 1.82) is 0 Å². The molecule has 0 amide bonds. The average Bonchev–Trinajstić information content (AvgIpc) is 2.67. The van der Waals surface area contributed by atoms with E-state index in [4.69, 9.17) is 4.74 Å². The van der Waals surface area contributed by atoms with Gasteiger partial charge in [-0.05, 0) is 19.9 Å². The second-order valence-corrected chi connectivity index (χ2v) is 6.51. The zero-order chi connectivity index (χ0) is 20.3. The molecule has 0 N–H and O–H groups in total. The Morgan fingerprint density at radius 2 is 1.54 bits per heavy atom. The highest BCUT2D eigenvalue weighted by atomic mass is 19.1. The Kier molecular flexibility index (Phi) is 5.49. The molecule has 0 heterocycles. The van der Waals surface area contributed by atoms with Gasteiger partial charge in [-0.2, -0.15) is 0 Å². The van der Waals surface area contributed by atoms with E-state index in [1.165, 1.54) is 0 Å². The number of rotatable bonds is 6. The smallest absolute Gasteiger partial charge is 0.311 e. The van der Waals surface area contributed by atoms with Crippen molar-refractivity contribution in [2.24, 2.45) is 0 Å². The fourth-order valence-corrected chi connectivity index (χ4v) is 2.74. The molecule has 0 saturated carbocycles. The molecular formula is C22H18FNO4. The summed E-state index contributed by atoms with van der Waals surface area (Å²) in [5.41, 5.74) is 2.49. The summed E-state index contributed by atoms with van der Waals surface area (Å²) in [6, 6.07) is 16.9. The molecule has 1 unspecified atom stereocenters. The van der Waals surface area contributed by atoms with Crippen LogP contribution in [0, 0.1) is 29.8 Å². The number of nitro groups is 1. The number of nitrogens with zero attached hydrogens (tertiary/aromatic N) is 1. The molecule has 3 aromatic rings. The van der Waals surface area contributed by atoms with Gasteiger partial charge in [-0.3, -0.25) is 14.9 Å². The van der Waals surface area contributed by atoms with Crippen molar-refractivity contribution in [3.8, 4) is 5.75 Å². The minimum Gasteiger partial charge on any atom is -0.470 e. The Balaban J connectivity index is 2.05. The van der Waals surface area contributed by atoms with Gasteiger partial charge >= 0.3 is 5.69 Å². The van der Waals surface area contributed by atoms with Crippen molar-refractivity contribution in [2.75, 3.05) is 0 Å². The van der Waals surface area contributed by atoms with Crippen LogP contribution in [0.4, 0.5) is 10.1 Å². The summed E-state index contributed by atoms with van der Waals surface area (Å²) in [5.74, 6) is -1.36. The number of ether oxygens (including phenoxy) is 1. The van der Waals surface area contributed by atoms with Gasteiger partial charge in [0, 0.05) is 23.3 Å². The average molecular weight is 379 g/mol. The molecule has 0 aliphatic heterocycles. The number of hydrogen-bond donors (Lipinski definition) is 0. The van der Waals surface area contributed by atoms with E-state index in [2.05, 4.69) is 0 Å². The normalized spacial score (nSPS) is 11.7. The van der Waals surface area contributed by atoms with Gasteiger partial charge in [0.05, 0.1) is 4.92 Å². The largest absolute Gasteiger partial charge is 0.470 e. The number of aryl methyl sites for hydroxylation is 2. The van der Waals surface area contributed by atoms with Crippen LogP contribution < -0.4 is 4.74 Å². The molecule has 6 heteroatoms. The van der Waals surface area contributed by atoms with Crippen molar-refractivity contribution < 1.29 is 18.8 Å². The van der Waals surface area contributed by atoms with Crippen molar-refractivity contribution in [3.05, 3.63) is 105 Å². The molecule has 3 rings (SSSR count). The third-order valence-electron chi connectivity index (χ3n) is 4.32. The van der Waals surface area contributed by atoms with E-state index >= 15 is 0 Å². The maximum absolute atomic E-state index is 13.7. The van der Waals surface area contributed by atoms with E-state index in [0.717, 1.165) is 29.3 Å². The first-order chi connectivity index (χ1) is 13.3. The third kappa shape index (κ3) is 4.23. The van der Waals surface area contributed by atoms with Gasteiger partial charge in [-0.1, -0.05) is 59.7 Å². The second kappa shape index (κ2) is 8.00. The van der Waals surface area contributed by atoms with Crippen LogP contribution in [0.5, 0.6) is 5.75 Å². The van der Waals surface area contributed by atoms with Crippen LogP contribution in [0.25, 0.3) is 0 Å². The van der Waals surface area contributed by atoms with E-state index in [1.54, 1.807) is 36.4 Å². The summed E-state index contributed by atoms with van der Waals surface area (Å²) < 4.78 is 19.4. The lowest BCUT2D eigenvalue weighted by atomic mass is 9.98. The zero-order valence-electron chi connectivity index (χ0n) is 15.4. The van der Waals surface area contributed by atoms with E-state index in [9.17, 15) is 19.3 Å². The predicted molar refractivity (Wildman–Crippen MR) is 103 cm³/mol. The number of nitro benzene ring substituents is 1. The number of Topliss-reactive ketones (excluding diaryl/α,β-unsaturated/α-hetero) is 1. The summed E-state index contributed by atoms with van der Waals surface area (Å²) in [6.45, 7) is 3.80. The monoisotopic (exact) mass is 379 g/mol. The van der Waals surface area contributed by atoms with Crippen LogP contribution in [0.15, 0.2) is 66.7 Å². The highest BCUT2D eigenvalue weighted by molar-refractivity contribution is 6.00. The Bertz CT molecular complexity index is 1010. The van der Waals surface area contributed by atoms with Crippen molar-refractivity contribution in [2.45, 2.75) is 20.0 Å².